The van der Waals surface area contributed by atoms with E-state index in [0.29, 0.717) is 12.2 Å². The van der Waals surface area contributed by atoms with Crippen molar-refractivity contribution < 1.29 is 4.74 Å². The fourth-order valence-electron chi connectivity index (χ4n) is 2.49. The van der Waals surface area contributed by atoms with E-state index in [-0.39, 0.29) is 12.4 Å². The number of anilines is 2. The molecule has 0 saturated carbocycles. The van der Waals surface area contributed by atoms with Gasteiger partial charge >= 0.3 is 0 Å². The lowest BCUT2D eigenvalue weighted by Crippen LogP contribution is -1.98. The molecule has 4 nitrogen and oxygen atoms in total. The summed E-state index contributed by atoms with van der Waals surface area (Å²) in [5.74, 6) is 0.766. The lowest BCUT2D eigenvalue weighted by molar-refractivity contribution is 0.340. The third-order valence-corrected chi connectivity index (χ3v) is 4.34. The Balaban J connectivity index is 0.00000225. The molecule has 0 aliphatic heterocycles. The fourth-order valence-corrected chi connectivity index (χ4v) is 2.95. The standard InChI is InChI=1S/C19H17N3OS.ClH/c1-3-23-15-7-8-18-17(10-15)19(13(11-20)12-21-18)22-14-5-4-6-16(9-14)24-2;/h4-10,12H,3H2,1-2H3,(H,21,22);1H. The maximum absolute atomic E-state index is 9.46. The van der Waals surface area contributed by atoms with Crippen LogP contribution in [0.25, 0.3) is 10.9 Å². The Kier molecular flexibility index (Phi) is 6.51. The highest BCUT2D eigenvalue weighted by Gasteiger charge is 2.11. The molecule has 0 radical (unpaired) electrons. The zero-order valence-electron chi connectivity index (χ0n) is 13.9. The van der Waals surface area contributed by atoms with Crippen molar-refractivity contribution in [3.8, 4) is 11.8 Å². The topological polar surface area (TPSA) is 57.9 Å². The summed E-state index contributed by atoms with van der Waals surface area (Å²) in [7, 11) is 0. The van der Waals surface area contributed by atoms with Gasteiger partial charge in [0.05, 0.1) is 23.4 Å². The number of fused-ring (bicyclic) bond motifs is 1. The zero-order valence-corrected chi connectivity index (χ0v) is 15.6. The number of benzene rings is 2. The molecule has 1 aromatic heterocycles. The number of rotatable bonds is 5. The second kappa shape index (κ2) is 8.61. The van der Waals surface area contributed by atoms with Crippen LogP contribution in [-0.2, 0) is 0 Å². The first kappa shape index (κ1) is 18.9. The Labute approximate surface area is 157 Å². The zero-order chi connectivity index (χ0) is 16.9. The summed E-state index contributed by atoms with van der Waals surface area (Å²) in [5.41, 5.74) is 3.02. The van der Waals surface area contributed by atoms with Crippen LogP contribution in [0.2, 0.25) is 0 Å². The van der Waals surface area contributed by atoms with Crippen molar-refractivity contribution in [1.29, 1.82) is 5.26 Å². The summed E-state index contributed by atoms with van der Waals surface area (Å²) in [5, 5.41) is 13.7. The van der Waals surface area contributed by atoms with Crippen LogP contribution in [0.15, 0.2) is 53.6 Å². The summed E-state index contributed by atoms with van der Waals surface area (Å²) < 4.78 is 5.59. The number of nitrogens with zero attached hydrogens (tertiary/aromatic N) is 2. The molecule has 128 valence electrons. The number of halogens is 1. The van der Waals surface area contributed by atoms with Gasteiger partial charge in [0.1, 0.15) is 11.8 Å². The van der Waals surface area contributed by atoms with Gasteiger partial charge in [-0.1, -0.05) is 6.07 Å². The first-order chi connectivity index (χ1) is 11.7. The Morgan fingerprint density at radius 3 is 2.80 bits per heavy atom. The molecule has 0 fully saturated rings. The monoisotopic (exact) mass is 371 g/mol. The number of hydrogen-bond donors (Lipinski definition) is 1. The SMILES string of the molecule is CCOc1ccc2ncc(C#N)c(Nc3cccc(SC)c3)c2c1.Cl. The van der Waals surface area contributed by atoms with Gasteiger partial charge in [0.15, 0.2) is 0 Å². The highest BCUT2D eigenvalue weighted by Crippen LogP contribution is 2.32. The first-order valence-corrected chi connectivity index (χ1v) is 8.84. The quantitative estimate of drug-likeness (QED) is 0.609. The van der Waals surface area contributed by atoms with Gasteiger partial charge < -0.3 is 10.1 Å². The molecule has 0 aliphatic carbocycles. The number of ether oxygens (including phenoxy) is 1. The highest BCUT2D eigenvalue weighted by molar-refractivity contribution is 7.98. The van der Waals surface area contributed by atoms with Crippen LogP contribution in [-0.4, -0.2) is 17.8 Å². The minimum absolute atomic E-state index is 0. The normalized spacial score (nSPS) is 9.96. The molecule has 1 heterocycles. The summed E-state index contributed by atoms with van der Waals surface area (Å²) in [6.07, 6.45) is 3.64. The smallest absolute Gasteiger partial charge is 0.120 e. The number of nitrogens with one attached hydrogen (secondary N) is 1. The van der Waals surface area contributed by atoms with Gasteiger partial charge in [0.25, 0.3) is 0 Å². The molecule has 0 atom stereocenters. The van der Waals surface area contributed by atoms with Crippen LogP contribution < -0.4 is 10.1 Å². The van der Waals surface area contributed by atoms with Gasteiger partial charge in [-0.25, -0.2) is 0 Å². The third kappa shape index (κ3) is 4.16. The van der Waals surface area contributed by atoms with E-state index in [2.05, 4.69) is 28.5 Å². The van der Waals surface area contributed by atoms with E-state index in [4.69, 9.17) is 4.74 Å². The van der Waals surface area contributed by atoms with Crippen LogP contribution in [0.3, 0.4) is 0 Å². The van der Waals surface area contributed by atoms with E-state index in [1.165, 1.54) is 0 Å². The second-order valence-electron chi connectivity index (χ2n) is 5.13. The van der Waals surface area contributed by atoms with E-state index in [0.717, 1.165) is 32.9 Å². The average molecular weight is 372 g/mol. The van der Waals surface area contributed by atoms with E-state index in [9.17, 15) is 5.26 Å². The molecule has 3 aromatic rings. The van der Waals surface area contributed by atoms with E-state index in [1.807, 2.05) is 43.5 Å². The van der Waals surface area contributed by atoms with Crippen LogP contribution in [0, 0.1) is 11.3 Å². The maximum atomic E-state index is 9.46. The molecule has 0 unspecified atom stereocenters. The molecule has 1 N–H and O–H groups in total. The molecule has 0 saturated heterocycles. The maximum Gasteiger partial charge on any atom is 0.120 e. The van der Waals surface area contributed by atoms with Crippen molar-refractivity contribution in [2.75, 3.05) is 18.2 Å². The fraction of sp³-hybridized carbons (Fsp3) is 0.158. The number of hydrogen-bond acceptors (Lipinski definition) is 5. The van der Waals surface area contributed by atoms with Gasteiger partial charge in [-0.15, -0.1) is 24.2 Å². The lowest BCUT2D eigenvalue weighted by atomic mass is 10.1. The molecule has 6 heteroatoms. The molecule has 2 aromatic carbocycles. The van der Waals surface area contributed by atoms with Crippen LogP contribution in [0.5, 0.6) is 5.75 Å². The molecule has 0 spiro atoms. The predicted octanol–water partition coefficient (Wildman–Crippen LogP) is 5.39. The summed E-state index contributed by atoms with van der Waals surface area (Å²) in [6.45, 7) is 2.54. The van der Waals surface area contributed by atoms with Crippen molar-refractivity contribution >= 4 is 46.4 Å². The third-order valence-electron chi connectivity index (χ3n) is 3.61. The van der Waals surface area contributed by atoms with E-state index in [1.54, 1.807) is 18.0 Å². The number of nitriles is 1. The number of thioether (sulfide) groups is 1. The molecule has 0 bridgehead atoms. The van der Waals surface area contributed by atoms with Crippen molar-refractivity contribution in [2.45, 2.75) is 11.8 Å². The number of aromatic nitrogens is 1. The van der Waals surface area contributed by atoms with Crippen LogP contribution in [0.4, 0.5) is 11.4 Å². The molecule has 0 amide bonds. The minimum Gasteiger partial charge on any atom is -0.494 e. The van der Waals surface area contributed by atoms with Gasteiger partial charge in [-0.2, -0.15) is 5.26 Å². The predicted molar refractivity (Wildman–Crippen MR) is 106 cm³/mol. The second-order valence-corrected chi connectivity index (χ2v) is 6.01. The first-order valence-electron chi connectivity index (χ1n) is 7.62. The minimum atomic E-state index is 0. The summed E-state index contributed by atoms with van der Waals surface area (Å²) >= 11 is 1.68. The Morgan fingerprint density at radius 1 is 1.24 bits per heavy atom. The Hall–Kier alpha value is -2.42. The van der Waals surface area contributed by atoms with E-state index < -0.39 is 0 Å². The Bertz CT molecular complexity index is 924. The number of pyridine rings is 1. The summed E-state index contributed by atoms with van der Waals surface area (Å²) in [6, 6.07) is 16.0. The van der Waals surface area contributed by atoms with Crippen LogP contribution >= 0.6 is 24.2 Å². The average Bonchev–Trinajstić information content (AvgIpc) is 2.62. The Morgan fingerprint density at radius 2 is 2.08 bits per heavy atom. The van der Waals surface area contributed by atoms with Crippen molar-refractivity contribution in [1.82, 2.24) is 4.98 Å². The van der Waals surface area contributed by atoms with Crippen molar-refractivity contribution in [3.63, 3.8) is 0 Å². The van der Waals surface area contributed by atoms with E-state index >= 15 is 0 Å². The summed E-state index contributed by atoms with van der Waals surface area (Å²) in [4.78, 5) is 5.53. The van der Waals surface area contributed by atoms with Gasteiger partial charge in [0.2, 0.25) is 0 Å². The molecule has 0 aliphatic rings. The molecule has 25 heavy (non-hydrogen) atoms. The molecular formula is C19H18ClN3OS. The molecule has 3 rings (SSSR count). The lowest BCUT2D eigenvalue weighted by Gasteiger charge is -2.13. The molecular weight excluding hydrogens is 354 g/mol. The van der Waals surface area contributed by atoms with Crippen molar-refractivity contribution in [2.24, 2.45) is 0 Å². The van der Waals surface area contributed by atoms with Gasteiger partial charge in [0, 0.05) is 22.2 Å². The largest absolute Gasteiger partial charge is 0.494 e. The van der Waals surface area contributed by atoms with Crippen LogP contribution in [0.1, 0.15) is 12.5 Å². The highest BCUT2D eigenvalue weighted by atomic mass is 35.5. The van der Waals surface area contributed by atoms with Gasteiger partial charge in [-0.3, -0.25) is 4.98 Å². The van der Waals surface area contributed by atoms with Crippen molar-refractivity contribution in [3.05, 3.63) is 54.2 Å². The van der Waals surface area contributed by atoms with Gasteiger partial charge in [-0.05, 0) is 49.6 Å².